The molecule has 0 heterocycles. The first-order chi connectivity index (χ1) is 11.0. The van der Waals surface area contributed by atoms with E-state index in [0.717, 1.165) is 13.1 Å². The van der Waals surface area contributed by atoms with E-state index in [1.54, 1.807) is 12.1 Å². The predicted molar refractivity (Wildman–Crippen MR) is 89.5 cm³/mol. The Morgan fingerprint density at radius 2 is 1.70 bits per heavy atom. The standard InChI is InChI=1S/C17H26N2O4/c1-4-11-22-17(21)15-13(8-7-9-14(15)18)16(20)23-12-10-19(5-2)6-3/h7-9H,4-6,10-12,18H2,1-3H3. The van der Waals surface area contributed by atoms with Crippen LogP contribution >= 0.6 is 0 Å². The Kier molecular flexibility index (Phi) is 8.11. The third-order valence-corrected chi connectivity index (χ3v) is 3.49. The fourth-order valence-electron chi connectivity index (χ4n) is 2.12. The molecular weight excluding hydrogens is 296 g/mol. The van der Waals surface area contributed by atoms with Crippen LogP contribution in [0.3, 0.4) is 0 Å². The van der Waals surface area contributed by atoms with Gasteiger partial charge in [-0.1, -0.05) is 26.8 Å². The molecule has 0 aromatic heterocycles. The van der Waals surface area contributed by atoms with Crippen LogP contribution in [0.4, 0.5) is 5.69 Å². The summed E-state index contributed by atoms with van der Waals surface area (Å²) < 4.78 is 10.4. The number of esters is 2. The molecule has 0 saturated heterocycles. The average molecular weight is 322 g/mol. The van der Waals surface area contributed by atoms with Crippen LogP contribution in [0.1, 0.15) is 47.9 Å². The molecule has 0 saturated carbocycles. The number of hydrogen-bond acceptors (Lipinski definition) is 6. The molecule has 0 atom stereocenters. The Labute approximate surface area is 137 Å². The number of carbonyl (C=O) groups excluding carboxylic acids is 2. The third kappa shape index (κ3) is 5.56. The minimum Gasteiger partial charge on any atom is -0.462 e. The first kappa shape index (κ1) is 19.0. The number of rotatable bonds is 9. The van der Waals surface area contributed by atoms with Crippen molar-refractivity contribution in [2.24, 2.45) is 0 Å². The van der Waals surface area contributed by atoms with Gasteiger partial charge in [-0.05, 0) is 31.6 Å². The molecule has 1 rings (SSSR count). The molecule has 23 heavy (non-hydrogen) atoms. The van der Waals surface area contributed by atoms with E-state index < -0.39 is 11.9 Å². The molecule has 0 unspecified atom stereocenters. The van der Waals surface area contributed by atoms with Crippen molar-refractivity contribution in [3.63, 3.8) is 0 Å². The van der Waals surface area contributed by atoms with Crippen LogP contribution in [0.2, 0.25) is 0 Å². The molecular formula is C17H26N2O4. The van der Waals surface area contributed by atoms with Gasteiger partial charge in [0.25, 0.3) is 0 Å². The minimum atomic E-state index is -0.597. The Morgan fingerprint density at radius 1 is 1.04 bits per heavy atom. The van der Waals surface area contributed by atoms with Gasteiger partial charge in [-0.2, -0.15) is 0 Å². The summed E-state index contributed by atoms with van der Waals surface area (Å²) in [5.41, 5.74) is 6.27. The number of likely N-dealkylation sites (N-methyl/N-ethyl adjacent to an activating group) is 1. The van der Waals surface area contributed by atoms with Gasteiger partial charge in [0, 0.05) is 12.2 Å². The van der Waals surface area contributed by atoms with Gasteiger partial charge in [0.1, 0.15) is 6.61 Å². The topological polar surface area (TPSA) is 81.9 Å². The molecule has 0 bridgehead atoms. The van der Waals surface area contributed by atoms with Crippen LogP contribution in [0, 0.1) is 0 Å². The quantitative estimate of drug-likeness (QED) is 0.555. The summed E-state index contributed by atoms with van der Waals surface area (Å²) in [5, 5.41) is 0. The molecule has 1 aromatic carbocycles. The van der Waals surface area contributed by atoms with Crippen LogP contribution in [0.25, 0.3) is 0 Å². The van der Waals surface area contributed by atoms with Crippen molar-refractivity contribution in [2.45, 2.75) is 27.2 Å². The Balaban J connectivity index is 2.80. The average Bonchev–Trinajstić information content (AvgIpc) is 2.56. The summed E-state index contributed by atoms with van der Waals surface area (Å²) in [6.45, 7) is 8.96. The van der Waals surface area contributed by atoms with Crippen molar-refractivity contribution in [3.8, 4) is 0 Å². The SMILES string of the molecule is CCCOC(=O)c1c(N)cccc1C(=O)OCCN(CC)CC. The number of nitrogens with two attached hydrogens (primary N) is 1. The van der Waals surface area contributed by atoms with Gasteiger partial charge in [-0.15, -0.1) is 0 Å². The molecule has 0 amide bonds. The lowest BCUT2D eigenvalue weighted by Gasteiger charge is -2.18. The first-order valence-corrected chi connectivity index (χ1v) is 8.00. The van der Waals surface area contributed by atoms with E-state index in [1.807, 2.05) is 20.8 Å². The van der Waals surface area contributed by atoms with Gasteiger partial charge in [0.15, 0.2) is 0 Å². The zero-order valence-electron chi connectivity index (χ0n) is 14.1. The van der Waals surface area contributed by atoms with Crippen LogP contribution in [0.15, 0.2) is 18.2 Å². The van der Waals surface area contributed by atoms with Crippen molar-refractivity contribution in [2.75, 3.05) is 38.6 Å². The van der Waals surface area contributed by atoms with Gasteiger partial charge in [-0.3, -0.25) is 0 Å². The first-order valence-electron chi connectivity index (χ1n) is 8.00. The highest BCUT2D eigenvalue weighted by Crippen LogP contribution is 2.19. The number of nitrogen functional groups attached to an aromatic ring is 1. The van der Waals surface area contributed by atoms with E-state index in [2.05, 4.69) is 4.90 Å². The van der Waals surface area contributed by atoms with E-state index in [-0.39, 0.29) is 30.0 Å². The van der Waals surface area contributed by atoms with Crippen molar-refractivity contribution in [1.82, 2.24) is 4.90 Å². The van der Waals surface area contributed by atoms with Gasteiger partial charge in [-0.25, -0.2) is 9.59 Å². The van der Waals surface area contributed by atoms with E-state index in [9.17, 15) is 9.59 Å². The lowest BCUT2D eigenvalue weighted by Crippen LogP contribution is -2.28. The van der Waals surface area contributed by atoms with E-state index in [0.29, 0.717) is 13.0 Å². The molecule has 0 aliphatic rings. The van der Waals surface area contributed by atoms with Crippen LogP contribution in [-0.4, -0.2) is 49.7 Å². The van der Waals surface area contributed by atoms with Gasteiger partial charge >= 0.3 is 11.9 Å². The van der Waals surface area contributed by atoms with E-state index in [4.69, 9.17) is 15.2 Å². The second-order valence-corrected chi connectivity index (χ2v) is 5.07. The fourth-order valence-corrected chi connectivity index (χ4v) is 2.12. The molecule has 0 fully saturated rings. The molecule has 1 aromatic rings. The number of anilines is 1. The molecule has 0 aliphatic heterocycles. The molecule has 128 valence electrons. The molecule has 0 spiro atoms. The number of benzene rings is 1. The van der Waals surface area contributed by atoms with Crippen molar-refractivity contribution < 1.29 is 19.1 Å². The smallest absolute Gasteiger partial charge is 0.341 e. The van der Waals surface area contributed by atoms with Crippen molar-refractivity contribution in [1.29, 1.82) is 0 Å². The molecule has 6 heteroatoms. The van der Waals surface area contributed by atoms with Gasteiger partial charge in [0.05, 0.1) is 17.7 Å². The lowest BCUT2D eigenvalue weighted by molar-refractivity contribution is 0.0436. The zero-order valence-corrected chi connectivity index (χ0v) is 14.1. The number of carbonyl (C=O) groups is 2. The van der Waals surface area contributed by atoms with Gasteiger partial charge < -0.3 is 20.1 Å². The summed E-state index contributed by atoms with van der Waals surface area (Å²) in [5.74, 6) is -1.16. The summed E-state index contributed by atoms with van der Waals surface area (Å²) >= 11 is 0. The summed E-state index contributed by atoms with van der Waals surface area (Å²) in [6, 6.07) is 4.71. The maximum absolute atomic E-state index is 12.3. The van der Waals surface area contributed by atoms with Gasteiger partial charge in [0.2, 0.25) is 0 Å². The van der Waals surface area contributed by atoms with Crippen molar-refractivity contribution >= 4 is 17.6 Å². The summed E-state index contributed by atoms with van der Waals surface area (Å²) in [7, 11) is 0. The second-order valence-electron chi connectivity index (χ2n) is 5.07. The Hall–Kier alpha value is -2.08. The highest BCUT2D eigenvalue weighted by atomic mass is 16.5. The largest absolute Gasteiger partial charge is 0.462 e. The lowest BCUT2D eigenvalue weighted by atomic mass is 10.1. The molecule has 6 nitrogen and oxygen atoms in total. The van der Waals surface area contributed by atoms with E-state index >= 15 is 0 Å². The molecule has 0 radical (unpaired) electrons. The molecule has 0 aliphatic carbocycles. The third-order valence-electron chi connectivity index (χ3n) is 3.49. The monoisotopic (exact) mass is 322 g/mol. The van der Waals surface area contributed by atoms with Crippen LogP contribution in [-0.2, 0) is 9.47 Å². The van der Waals surface area contributed by atoms with Crippen LogP contribution in [0.5, 0.6) is 0 Å². The number of hydrogen-bond donors (Lipinski definition) is 1. The van der Waals surface area contributed by atoms with Crippen molar-refractivity contribution in [3.05, 3.63) is 29.3 Å². The predicted octanol–water partition coefficient (Wildman–Crippen LogP) is 2.33. The number of nitrogens with zero attached hydrogens (tertiary/aromatic N) is 1. The second kappa shape index (κ2) is 9.84. The normalized spacial score (nSPS) is 10.6. The van der Waals surface area contributed by atoms with E-state index in [1.165, 1.54) is 6.07 Å². The number of ether oxygens (including phenoxy) is 2. The summed E-state index contributed by atoms with van der Waals surface area (Å²) in [6.07, 6.45) is 0.697. The maximum atomic E-state index is 12.3. The van der Waals surface area contributed by atoms with Crippen LogP contribution < -0.4 is 5.73 Å². The zero-order chi connectivity index (χ0) is 17.2. The Morgan fingerprint density at radius 3 is 2.30 bits per heavy atom. The minimum absolute atomic E-state index is 0.0776. The highest BCUT2D eigenvalue weighted by Gasteiger charge is 2.22. The maximum Gasteiger partial charge on any atom is 0.341 e. The highest BCUT2D eigenvalue weighted by molar-refractivity contribution is 6.06. The molecule has 2 N–H and O–H groups in total. The fraction of sp³-hybridized carbons (Fsp3) is 0.529. The Bertz CT molecular complexity index is 527. The summed E-state index contributed by atoms with van der Waals surface area (Å²) in [4.78, 5) is 26.5.